The molecule has 1 unspecified atom stereocenters. The lowest BCUT2D eigenvalue weighted by molar-refractivity contribution is 0.299. The van der Waals surface area contributed by atoms with Gasteiger partial charge < -0.3 is 10.4 Å². The summed E-state index contributed by atoms with van der Waals surface area (Å²) in [6, 6.07) is 17.5. The SMILES string of the molecule is Cc1cccc(CCC(C)Nc2ccc(CCO)cc2)c1. The Bertz CT molecular complexity index is 548. The fourth-order valence-electron chi connectivity index (χ4n) is 2.50. The molecule has 2 rings (SSSR count). The third-order valence-electron chi connectivity index (χ3n) is 3.72. The van der Waals surface area contributed by atoms with Gasteiger partial charge in [0.25, 0.3) is 0 Å². The van der Waals surface area contributed by atoms with E-state index in [0.717, 1.165) is 24.9 Å². The molecule has 2 heteroatoms. The number of nitrogens with one attached hydrogen (secondary N) is 1. The van der Waals surface area contributed by atoms with Gasteiger partial charge in [0.15, 0.2) is 0 Å². The van der Waals surface area contributed by atoms with Crippen molar-refractivity contribution in [3.63, 3.8) is 0 Å². The molecule has 0 fully saturated rings. The Morgan fingerprint density at radius 1 is 1.00 bits per heavy atom. The van der Waals surface area contributed by atoms with Crippen LogP contribution in [0.2, 0.25) is 0 Å². The average Bonchev–Trinajstić information content (AvgIpc) is 2.48. The highest BCUT2D eigenvalue weighted by Crippen LogP contribution is 2.14. The normalized spacial score (nSPS) is 12.1. The number of hydrogen-bond donors (Lipinski definition) is 2. The standard InChI is InChI=1S/C19H25NO/c1-15-4-3-5-18(14-15)7-6-16(2)20-19-10-8-17(9-11-19)12-13-21/h3-5,8-11,14,16,20-21H,6-7,12-13H2,1-2H3. The molecule has 0 aliphatic carbocycles. The van der Waals surface area contributed by atoms with E-state index in [-0.39, 0.29) is 6.61 Å². The van der Waals surface area contributed by atoms with Crippen LogP contribution in [-0.4, -0.2) is 17.8 Å². The third kappa shape index (κ3) is 5.24. The van der Waals surface area contributed by atoms with Crippen LogP contribution in [0, 0.1) is 6.92 Å². The number of anilines is 1. The smallest absolute Gasteiger partial charge is 0.0471 e. The Labute approximate surface area is 127 Å². The van der Waals surface area contributed by atoms with Crippen LogP contribution in [-0.2, 0) is 12.8 Å². The monoisotopic (exact) mass is 283 g/mol. The number of aliphatic hydroxyl groups is 1. The third-order valence-corrected chi connectivity index (χ3v) is 3.72. The van der Waals surface area contributed by atoms with Crippen molar-refractivity contribution < 1.29 is 5.11 Å². The molecule has 0 aliphatic heterocycles. The zero-order chi connectivity index (χ0) is 15.1. The average molecular weight is 283 g/mol. The van der Waals surface area contributed by atoms with Gasteiger partial charge in [-0.2, -0.15) is 0 Å². The molecule has 0 radical (unpaired) electrons. The number of aryl methyl sites for hydroxylation is 2. The minimum absolute atomic E-state index is 0.208. The van der Waals surface area contributed by atoms with Crippen LogP contribution in [0.1, 0.15) is 30.0 Å². The van der Waals surface area contributed by atoms with Crippen LogP contribution in [0.4, 0.5) is 5.69 Å². The van der Waals surface area contributed by atoms with Crippen molar-refractivity contribution in [3.8, 4) is 0 Å². The van der Waals surface area contributed by atoms with Gasteiger partial charge in [-0.1, -0.05) is 42.0 Å². The lowest BCUT2D eigenvalue weighted by Gasteiger charge is -2.15. The summed E-state index contributed by atoms with van der Waals surface area (Å²) >= 11 is 0. The van der Waals surface area contributed by atoms with E-state index < -0.39 is 0 Å². The molecule has 0 saturated carbocycles. The van der Waals surface area contributed by atoms with Gasteiger partial charge in [0.1, 0.15) is 0 Å². The number of hydrogen-bond acceptors (Lipinski definition) is 2. The molecule has 2 nitrogen and oxygen atoms in total. The molecule has 2 aromatic carbocycles. The van der Waals surface area contributed by atoms with E-state index in [2.05, 4.69) is 67.7 Å². The van der Waals surface area contributed by atoms with Crippen molar-refractivity contribution in [2.75, 3.05) is 11.9 Å². The summed E-state index contributed by atoms with van der Waals surface area (Å²) in [5.74, 6) is 0. The fraction of sp³-hybridized carbons (Fsp3) is 0.368. The zero-order valence-electron chi connectivity index (χ0n) is 13.0. The van der Waals surface area contributed by atoms with Crippen LogP contribution in [0.5, 0.6) is 0 Å². The quantitative estimate of drug-likeness (QED) is 0.806. The van der Waals surface area contributed by atoms with Crippen LogP contribution in [0.25, 0.3) is 0 Å². The second-order valence-electron chi connectivity index (χ2n) is 5.74. The minimum Gasteiger partial charge on any atom is -0.396 e. The maximum Gasteiger partial charge on any atom is 0.0471 e. The summed E-state index contributed by atoms with van der Waals surface area (Å²) in [5.41, 5.74) is 5.05. The fourth-order valence-corrected chi connectivity index (χ4v) is 2.50. The lowest BCUT2D eigenvalue weighted by atomic mass is 10.0. The number of benzene rings is 2. The summed E-state index contributed by atoms with van der Waals surface area (Å²) in [4.78, 5) is 0. The highest BCUT2D eigenvalue weighted by Gasteiger charge is 2.03. The first-order valence-corrected chi connectivity index (χ1v) is 7.69. The van der Waals surface area contributed by atoms with Gasteiger partial charge in [0.05, 0.1) is 0 Å². The molecule has 112 valence electrons. The van der Waals surface area contributed by atoms with Crippen LogP contribution >= 0.6 is 0 Å². The van der Waals surface area contributed by atoms with E-state index in [1.165, 1.54) is 16.7 Å². The van der Waals surface area contributed by atoms with Crippen molar-refractivity contribution in [1.82, 2.24) is 0 Å². The van der Waals surface area contributed by atoms with Gasteiger partial charge in [-0.25, -0.2) is 0 Å². The Morgan fingerprint density at radius 2 is 1.76 bits per heavy atom. The molecule has 0 spiro atoms. The van der Waals surface area contributed by atoms with E-state index in [1.54, 1.807) is 0 Å². The highest BCUT2D eigenvalue weighted by molar-refractivity contribution is 5.45. The summed E-state index contributed by atoms with van der Waals surface area (Å²) < 4.78 is 0. The predicted molar refractivity (Wildman–Crippen MR) is 89.8 cm³/mol. The molecule has 1 atom stereocenters. The molecule has 0 aromatic heterocycles. The van der Waals surface area contributed by atoms with Gasteiger partial charge in [-0.15, -0.1) is 0 Å². The Hall–Kier alpha value is -1.80. The van der Waals surface area contributed by atoms with Crippen molar-refractivity contribution in [2.24, 2.45) is 0 Å². The van der Waals surface area contributed by atoms with E-state index in [4.69, 9.17) is 5.11 Å². The molecule has 2 aromatic rings. The van der Waals surface area contributed by atoms with E-state index in [9.17, 15) is 0 Å². The molecule has 2 N–H and O–H groups in total. The maximum atomic E-state index is 8.92. The summed E-state index contributed by atoms with van der Waals surface area (Å²) in [6.07, 6.45) is 2.93. The maximum absolute atomic E-state index is 8.92. The molecule has 0 saturated heterocycles. The molecular weight excluding hydrogens is 258 g/mol. The minimum atomic E-state index is 0.208. The van der Waals surface area contributed by atoms with E-state index in [0.29, 0.717) is 6.04 Å². The van der Waals surface area contributed by atoms with Crippen molar-refractivity contribution >= 4 is 5.69 Å². The van der Waals surface area contributed by atoms with E-state index >= 15 is 0 Å². The van der Waals surface area contributed by atoms with Crippen LogP contribution in [0.15, 0.2) is 48.5 Å². The zero-order valence-corrected chi connectivity index (χ0v) is 13.0. The second kappa shape index (κ2) is 7.84. The van der Waals surface area contributed by atoms with Crippen LogP contribution < -0.4 is 5.32 Å². The van der Waals surface area contributed by atoms with Gasteiger partial charge in [-0.3, -0.25) is 0 Å². The molecule has 21 heavy (non-hydrogen) atoms. The Balaban J connectivity index is 1.82. The van der Waals surface area contributed by atoms with Crippen molar-refractivity contribution in [3.05, 3.63) is 65.2 Å². The molecule has 0 bridgehead atoms. The second-order valence-corrected chi connectivity index (χ2v) is 5.74. The molecule has 0 amide bonds. The summed E-state index contributed by atoms with van der Waals surface area (Å²) in [6.45, 7) is 4.57. The highest BCUT2D eigenvalue weighted by atomic mass is 16.2. The lowest BCUT2D eigenvalue weighted by Crippen LogP contribution is -2.16. The van der Waals surface area contributed by atoms with E-state index in [1.807, 2.05) is 0 Å². The van der Waals surface area contributed by atoms with Crippen molar-refractivity contribution in [2.45, 2.75) is 39.2 Å². The first kappa shape index (κ1) is 15.6. The van der Waals surface area contributed by atoms with Crippen LogP contribution in [0.3, 0.4) is 0 Å². The number of rotatable bonds is 7. The Morgan fingerprint density at radius 3 is 2.43 bits per heavy atom. The van der Waals surface area contributed by atoms with Gasteiger partial charge in [0.2, 0.25) is 0 Å². The van der Waals surface area contributed by atoms with Crippen molar-refractivity contribution in [1.29, 1.82) is 0 Å². The van der Waals surface area contributed by atoms with Gasteiger partial charge in [0, 0.05) is 18.3 Å². The number of aliphatic hydroxyl groups excluding tert-OH is 1. The summed E-state index contributed by atoms with van der Waals surface area (Å²) in [5, 5.41) is 12.5. The topological polar surface area (TPSA) is 32.3 Å². The largest absolute Gasteiger partial charge is 0.396 e. The first-order chi connectivity index (χ1) is 10.2. The van der Waals surface area contributed by atoms with Gasteiger partial charge >= 0.3 is 0 Å². The molecular formula is C19H25NO. The molecule has 0 heterocycles. The Kier molecular flexibility index (Phi) is 5.82. The predicted octanol–water partition coefficient (Wildman–Crippen LogP) is 3.96. The summed E-state index contributed by atoms with van der Waals surface area (Å²) in [7, 11) is 0. The van der Waals surface area contributed by atoms with Gasteiger partial charge in [-0.05, 0) is 56.4 Å². The first-order valence-electron chi connectivity index (χ1n) is 7.69. The molecule has 0 aliphatic rings.